The van der Waals surface area contributed by atoms with Crippen LogP contribution in [0.25, 0.3) is 22.2 Å². The van der Waals surface area contributed by atoms with E-state index in [1.165, 1.54) is 0 Å². The van der Waals surface area contributed by atoms with Crippen molar-refractivity contribution in [1.82, 2.24) is 10.3 Å². The summed E-state index contributed by atoms with van der Waals surface area (Å²) in [6, 6.07) is 23.7. The van der Waals surface area contributed by atoms with Gasteiger partial charge in [0.1, 0.15) is 5.75 Å². The zero-order valence-electron chi connectivity index (χ0n) is 20.2. The molecule has 180 valence electrons. The molecular weight excluding hydrogens is 438 g/mol. The number of rotatable bonds is 10. The average molecular weight is 470 g/mol. The number of nitrogens with one attached hydrogen (secondary N) is 3. The summed E-state index contributed by atoms with van der Waals surface area (Å²) >= 11 is 0. The van der Waals surface area contributed by atoms with Crippen molar-refractivity contribution in [3.63, 3.8) is 0 Å². The molecule has 0 aliphatic rings. The highest BCUT2D eigenvalue weighted by Gasteiger charge is 2.15. The number of carbonyl (C=O) groups excluding carboxylic acids is 2. The minimum atomic E-state index is -0.0172. The third-order valence-electron chi connectivity index (χ3n) is 5.97. The van der Waals surface area contributed by atoms with Gasteiger partial charge in [-0.25, -0.2) is 0 Å². The third-order valence-corrected chi connectivity index (χ3v) is 5.97. The van der Waals surface area contributed by atoms with Crippen molar-refractivity contribution in [3.05, 3.63) is 83.9 Å². The van der Waals surface area contributed by atoms with E-state index in [4.69, 9.17) is 4.74 Å². The van der Waals surface area contributed by atoms with Crippen LogP contribution >= 0.6 is 0 Å². The molecule has 2 amide bonds. The number of amides is 2. The number of fused-ring (bicyclic) bond motifs is 1. The van der Waals surface area contributed by atoms with Gasteiger partial charge in [-0.2, -0.15) is 0 Å². The Morgan fingerprint density at radius 3 is 2.49 bits per heavy atom. The van der Waals surface area contributed by atoms with Crippen molar-refractivity contribution in [2.75, 3.05) is 12.4 Å². The lowest BCUT2D eigenvalue weighted by Gasteiger charge is -2.09. The number of hydrogen-bond acceptors (Lipinski definition) is 3. The molecule has 0 bridgehead atoms. The van der Waals surface area contributed by atoms with Crippen molar-refractivity contribution in [1.29, 1.82) is 0 Å². The molecule has 0 fully saturated rings. The zero-order valence-corrected chi connectivity index (χ0v) is 20.2. The highest BCUT2D eigenvalue weighted by Crippen LogP contribution is 2.32. The molecule has 0 saturated heterocycles. The number of methoxy groups -OCH3 is 1. The topological polar surface area (TPSA) is 83.2 Å². The van der Waals surface area contributed by atoms with Crippen LogP contribution in [0.1, 0.15) is 37.3 Å². The molecule has 0 saturated carbocycles. The predicted octanol–water partition coefficient (Wildman–Crippen LogP) is 5.83. The fourth-order valence-electron chi connectivity index (χ4n) is 4.20. The smallest absolute Gasteiger partial charge is 0.224 e. The van der Waals surface area contributed by atoms with Crippen molar-refractivity contribution in [3.8, 4) is 17.0 Å². The van der Waals surface area contributed by atoms with E-state index in [0.717, 1.165) is 51.1 Å². The Bertz CT molecular complexity index is 1310. The lowest BCUT2D eigenvalue weighted by Crippen LogP contribution is -2.23. The molecule has 1 aromatic heterocycles. The highest BCUT2D eigenvalue weighted by molar-refractivity contribution is 5.92. The number of hydrogen-bond donors (Lipinski definition) is 3. The lowest BCUT2D eigenvalue weighted by molar-refractivity contribution is -0.121. The summed E-state index contributed by atoms with van der Waals surface area (Å²) in [6.07, 6.45) is 2.29. The first-order chi connectivity index (χ1) is 17.1. The number of para-hydroxylation sites is 1. The number of anilines is 1. The van der Waals surface area contributed by atoms with Gasteiger partial charge in [0.2, 0.25) is 11.8 Å². The summed E-state index contributed by atoms with van der Waals surface area (Å²) in [6.45, 7) is 2.39. The zero-order chi connectivity index (χ0) is 24.6. The van der Waals surface area contributed by atoms with Gasteiger partial charge in [-0.05, 0) is 72.0 Å². The first kappa shape index (κ1) is 24.1. The molecule has 4 rings (SSSR count). The normalized spacial score (nSPS) is 10.8. The van der Waals surface area contributed by atoms with Crippen LogP contribution in [0.3, 0.4) is 0 Å². The van der Waals surface area contributed by atoms with Crippen LogP contribution in [0.5, 0.6) is 5.75 Å². The van der Waals surface area contributed by atoms with E-state index in [0.29, 0.717) is 25.8 Å². The molecule has 6 nitrogen and oxygen atoms in total. The van der Waals surface area contributed by atoms with E-state index in [1.807, 2.05) is 67.6 Å². The number of aryl methyl sites for hydroxylation is 1. The van der Waals surface area contributed by atoms with Crippen LogP contribution < -0.4 is 15.4 Å². The molecule has 6 heteroatoms. The molecular formula is C29H31N3O3. The van der Waals surface area contributed by atoms with E-state index in [-0.39, 0.29) is 11.8 Å². The van der Waals surface area contributed by atoms with Crippen molar-refractivity contribution in [2.24, 2.45) is 0 Å². The molecule has 35 heavy (non-hydrogen) atoms. The molecule has 0 aliphatic carbocycles. The van der Waals surface area contributed by atoms with Gasteiger partial charge in [0.15, 0.2) is 0 Å². The molecule has 4 aromatic rings. The molecule has 0 atom stereocenters. The Hall–Kier alpha value is -4.06. The Kier molecular flexibility index (Phi) is 7.83. The van der Waals surface area contributed by atoms with E-state index in [2.05, 4.69) is 27.8 Å². The van der Waals surface area contributed by atoms with Crippen LogP contribution in [0, 0.1) is 0 Å². The number of ether oxygens (including phenoxy) is 1. The first-order valence-electron chi connectivity index (χ1n) is 12.0. The van der Waals surface area contributed by atoms with E-state index in [9.17, 15) is 9.59 Å². The SMILES string of the molecule is CCCC(=O)Nc1cccc(CNC(=O)CCc2c(-c3ccc(OC)cc3)[nH]c3ccccc23)c1. The Labute approximate surface area is 205 Å². The van der Waals surface area contributed by atoms with E-state index < -0.39 is 0 Å². The number of benzene rings is 3. The van der Waals surface area contributed by atoms with Crippen LogP contribution in [-0.4, -0.2) is 23.9 Å². The second-order valence-electron chi connectivity index (χ2n) is 8.53. The van der Waals surface area contributed by atoms with Gasteiger partial charge in [-0.1, -0.05) is 37.3 Å². The maximum Gasteiger partial charge on any atom is 0.224 e. The van der Waals surface area contributed by atoms with Gasteiger partial charge in [0, 0.05) is 41.7 Å². The highest BCUT2D eigenvalue weighted by atomic mass is 16.5. The standard InChI is InChI=1S/C29H31N3O3/c1-3-7-28(34)31-22-9-6-8-20(18-22)19-30-27(33)17-16-25-24-10-4-5-11-26(24)32-29(25)21-12-14-23(35-2)15-13-21/h4-6,8-15,18,32H,3,7,16-17,19H2,1-2H3,(H,30,33)(H,31,34). The number of H-pyrrole nitrogens is 1. The van der Waals surface area contributed by atoms with Crippen LogP contribution in [0.15, 0.2) is 72.8 Å². The van der Waals surface area contributed by atoms with Crippen LogP contribution in [-0.2, 0) is 22.6 Å². The Morgan fingerprint density at radius 1 is 0.914 bits per heavy atom. The Balaban J connectivity index is 1.42. The van der Waals surface area contributed by atoms with Gasteiger partial charge < -0.3 is 20.4 Å². The number of carbonyl (C=O) groups is 2. The van der Waals surface area contributed by atoms with E-state index in [1.54, 1.807) is 7.11 Å². The molecule has 3 aromatic carbocycles. The van der Waals surface area contributed by atoms with Crippen molar-refractivity contribution >= 4 is 28.4 Å². The molecule has 0 radical (unpaired) electrons. The van der Waals surface area contributed by atoms with Crippen LogP contribution in [0.4, 0.5) is 5.69 Å². The number of aromatic amines is 1. The van der Waals surface area contributed by atoms with Crippen molar-refractivity contribution < 1.29 is 14.3 Å². The molecule has 0 aliphatic heterocycles. The fraction of sp³-hybridized carbons (Fsp3) is 0.241. The average Bonchev–Trinajstić information content (AvgIpc) is 3.25. The summed E-state index contributed by atoms with van der Waals surface area (Å²) in [7, 11) is 1.65. The third kappa shape index (κ3) is 6.09. The maximum atomic E-state index is 12.7. The van der Waals surface area contributed by atoms with Gasteiger partial charge in [0.25, 0.3) is 0 Å². The van der Waals surface area contributed by atoms with Crippen LogP contribution in [0.2, 0.25) is 0 Å². The van der Waals surface area contributed by atoms with Gasteiger partial charge in [-0.3, -0.25) is 9.59 Å². The largest absolute Gasteiger partial charge is 0.497 e. The summed E-state index contributed by atoms with van der Waals surface area (Å²) in [5.41, 5.74) is 5.95. The molecule has 0 spiro atoms. The Morgan fingerprint density at radius 2 is 1.71 bits per heavy atom. The maximum absolute atomic E-state index is 12.7. The first-order valence-corrected chi connectivity index (χ1v) is 12.0. The molecule has 0 unspecified atom stereocenters. The van der Waals surface area contributed by atoms with Gasteiger partial charge in [0.05, 0.1) is 7.11 Å². The lowest BCUT2D eigenvalue weighted by atomic mass is 10.0. The fourth-order valence-corrected chi connectivity index (χ4v) is 4.20. The molecule has 3 N–H and O–H groups in total. The molecule has 1 heterocycles. The van der Waals surface area contributed by atoms with Gasteiger partial charge >= 0.3 is 0 Å². The second-order valence-corrected chi connectivity index (χ2v) is 8.53. The summed E-state index contributed by atoms with van der Waals surface area (Å²) in [4.78, 5) is 28.1. The van der Waals surface area contributed by atoms with Gasteiger partial charge in [-0.15, -0.1) is 0 Å². The summed E-state index contributed by atoms with van der Waals surface area (Å²) in [5.74, 6) is 0.788. The van der Waals surface area contributed by atoms with E-state index >= 15 is 0 Å². The predicted molar refractivity (Wildman–Crippen MR) is 140 cm³/mol. The summed E-state index contributed by atoms with van der Waals surface area (Å²) in [5, 5.41) is 7.04. The number of aromatic nitrogens is 1. The summed E-state index contributed by atoms with van der Waals surface area (Å²) < 4.78 is 5.29. The van der Waals surface area contributed by atoms with Crippen molar-refractivity contribution in [2.45, 2.75) is 39.2 Å². The second kappa shape index (κ2) is 11.4. The monoisotopic (exact) mass is 469 g/mol. The quantitative estimate of drug-likeness (QED) is 0.273. The minimum Gasteiger partial charge on any atom is -0.497 e. The minimum absolute atomic E-state index is 0.0000730.